The maximum atomic E-state index is 4.80. The van der Waals surface area contributed by atoms with E-state index in [1.165, 1.54) is 44.5 Å². The number of hydrogen-bond donors (Lipinski definition) is 0. The van der Waals surface area contributed by atoms with Crippen molar-refractivity contribution in [3.8, 4) is 11.1 Å². The second kappa shape index (κ2) is 6.96. The molecule has 0 N–H and O–H groups in total. The summed E-state index contributed by atoms with van der Waals surface area (Å²) >= 11 is 7.53. The molecule has 0 unspecified atom stereocenters. The molecule has 1 spiro atoms. The highest BCUT2D eigenvalue weighted by molar-refractivity contribution is 9.10. The predicted octanol–water partition coefficient (Wildman–Crippen LogP) is 8.00. The third kappa shape index (κ3) is 2.54. The SMILES string of the molecule is Brc1ccc2c(c1)C1(c3cc(Br)ccc3C=C2)c2ccccc2-c2c1ccc1nccnc21. The fourth-order valence-electron chi connectivity index (χ4n) is 5.70. The highest BCUT2D eigenvalue weighted by Crippen LogP contribution is 2.59. The van der Waals surface area contributed by atoms with Crippen molar-refractivity contribution in [2.75, 3.05) is 0 Å². The van der Waals surface area contributed by atoms with E-state index >= 15 is 0 Å². The first-order chi connectivity index (χ1) is 16.2. The molecule has 4 heteroatoms. The van der Waals surface area contributed by atoms with Crippen LogP contribution in [0.3, 0.4) is 0 Å². The van der Waals surface area contributed by atoms with Gasteiger partial charge in [0.15, 0.2) is 0 Å². The van der Waals surface area contributed by atoms with E-state index in [2.05, 4.69) is 122 Å². The van der Waals surface area contributed by atoms with E-state index in [9.17, 15) is 0 Å². The molecule has 0 saturated heterocycles. The molecule has 1 heterocycles. The lowest BCUT2D eigenvalue weighted by molar-refractivity contribution is 0.765. The Morgan fingerprint density at radius 2 is 1.27 bits per heavy atom. The van der Waals surface area contributed by atoms with Gasteiger partial charge in [-0.1, -0.05) is 86.5 Å². The van der Waals surface area contributed by atoms with Crippen LogP contribution in [-0.4, -0.2) is 9.97 Å². The number of hydrogen-bond acceptors (Lipinski definition) is 2. The Morgan fingerprint density at radius 1 is 0.606 bits per heavy atom. The lowest BCUT2D eigenvalue weighted by atomic mass is 9.66. The summed E-state index contributed by atoms with van der Waals surface area (Å²) in [7, 11) is 0. The van der Waals surface area contributed by atoms with E-state index in [1.807, 2.05) is 0 Å². The van der Waals surface area contributed by atoms with Gasteiger partial charge in [-0.25, -0.2) is 0 Å². The van der Waals surface area contributed by atoms with Crippen molar-refractivity contribution in [3.05, 3.63) is 128 Å². The van der Waals surface area contributed by atoms with Crippen LogP contribution in [0.25, 0.3) is 34.3 Å². The number of benzene rings is 4. The van der Waals surface area contributed by atoms with Gasteiger partial charge in [0.25, 0.3) is 0 Å². The van der Waals surface area contributed by atoms with Crippen molar-refractivity contribution in [2.45, 2.75) is 5.41 Å². The minimum atomic E-state index is -0.473. The smallest absolute Gasteiger partial charge is 0.0968 e. The number of halogens is 2. The van der Waals surface area contributed by atoms with E-state index in [-0.39, 0.29) is 0 Å². The first kappa shape index (κ1) is 19.4. The van der Waals surface area contributed by atoms with Gasteiger partial charge < -0.3 is 0 Å². The molecule has 33 heavy (non-hydrogen) atoms. The van der Waals surface area contributed by atoms with E-state index in [0.29, 0.717) is 0 Å². The van der Waals surface area contributed by atoms with Crippen LogP contribution < -0.4 is 0 Å². The summed E-state index contributed by atoms with van der Waals surface area (Å²) in [5.41, 5.74) is 11.3. The van der Waals surface area contributed by atoms with Gasteiger partial charge in [0, 0.05) is 26.9 Å². The predicted molar refractivity (Wildman–Crippen MR) is 141 cm³/mol. The number of rotatable bonds is 0. The topological polar surface area (TPSA) is 25.8 Å². The summed E-state index contributed by atoms with van der Waals surface area (Å²) in [5.74, 6) is 0. The fraction of sp³-hybridized carbons (Fsp3) is 0.0345. The van der Waals surface area contributed by atoms with E-state index in [4.69, 9.17) is 4.98 Å². The minimum absolute atomic E-state index is 0.473. The van der Waals surface area contributed by atoms with Gasteiger partial charge in [0.05, 0.1) is 16.4 Å². The van der Waals surface area contributed by atoms with Crippen LogP contribution in [0.4, 0.5) is 0 Å². The Morgan fingerprint density at radius 3 is 2.00 bits per heavy atom. The van der Waals surface area contributed by atoms with Crippen molar-refractivity contribution < 1.29 is 0 Å². The molecule has 2 aliphatic rings. The lowest BCUT2D eigenvalue weighted by Gasteiger charge is -2.35. The van der Waals surface area contributed by atoms with Crippen LogP contribution in [0.1, 0.15) is 33.4 Å². The van der Waals surface area contributed by atoms with Gasteiger partial charge in [-0.05, 0) is 69.3 Å². The fourth-order valence-corrected chi connectivity index (χ4v) is 6.42. The molecule has 1 aromatic heterocycles. The van der Waals surface area contributed by atoms with Crippen molar-refractivity contribution >= 4 is 55.0 Å². The second-order valence-corrected chi connectivity index (χ2v) is 10.3. The molecule has 5 aromatic rings. The monoisotopic (exact) mass is 550 g/mol. The second-order valence-electron chi connectivity index (χ2n) is 8.50. The number of fused-ring (bicyclic) bond motifs is 11. The van der Waals surface area contributed by atoms with E-state index in [1.54, 1.807) is 12.4 Å². The Bertz CT molecular complexity index is 1600. The van der Waals surface area contributed by atoms with E-state index < -0.39 is 5.41 Å². The first-order valence-electron chi connectivity index (χ1n) is 10.8. The molecule has 0 fully saturated rings. The van der Waals surface area contributed by atoms with Gasteiger partial charge in [0.1, 0.15) is 0 Å². The zero-order valence-electron chi connectivity index (χ0n) is 17.4. The van der Waals surface area contributed by atoms with Crippen LogP contribution in [0, 0.1) is 0 Å². The van der Waals surface area contributed by atoms with Gasteiger partial charge in [-0.3, -0.25) is 9.97 Å². The van der Waals surface area contributed by atoms with Gasteiger partial charge in [0.2, 0.25) is 0 Å². The van der Waals surface area contributed by atoms with Gasteiger partial charge >= 0.3 is 0 Å². The molecule has 0 aliphatic heterocycles. The van der Waals surface area contributed by atoms with Crippen LogP contribution in [0.2, 0.25) is 0 Å². The van der Waals surface area contributed by atoms with Crippen molar-refractivity contribution in [1.82, 2.24) is 9.97 Å². The summed E-state index contributed by atoms with van der Waals surface area (Å²) < 4.78 is 2.14. The number of nitrogens with zero attached hydrogens (tertiary/aromatic N) is 2. The van der Waals surface area contributed by atoms with Crippen molar-refractivity contribution in [1.29, 1.82) is 0 Å². The molecule has 0 saturated carbocycles. The Hall–Kier alpha value is -3.08. The molecular formula is C29H16Br2N2. The Balaban J connectivity index is 1.77. The quantitative estimate of drug-likeness (QED) is 0.191. The molecular weight excluding hydrogens is 536 g/mol. The maximum Gasteiger partial charge on any atom is 0.0968 e. The largest absolute Gasteiger partial charge is 0.253 e. The zero-order valence-corrected chi connectivity index (χ0v) is 20.6. The molecule has 0 amide bonds. The van der Waals surface area contributed by atoms with Gasteiger partial charge in [-0.15, -0.1) is 0 Å². The van der Waals surface area contributed by atoms with E-state index in [0.717, 1.165) is 20.0 Å². The third-order valence-corrected chi connectivity index (χ3v) is 7.91. The minimum Gasteiger partial charge on any atom is -0.253 e. The van der Waals surface area contributed by atoms with Crippen LogP contribution in [-0.2, 0) is 5.41 Å². The summed E-state index contributed by atoms with van der Waals surface area (Å²) in [4.78, 5) is 9.41. The molecule has 0 radical (unpaired) electrons. The molecule has 7 rings (SSSR count). The first-order valence-corrected chi connectivity index (χ1v) is 12.4. The highest BCUT2D eigenvalue weighted by atomic mass is 79.9. The Kier molecular flexibility index (Phi) is 4.09. The van der Waals surface area contributed by atoms with Crippen LogP contribution in [0.5, 0.6) is 0 Å². The zero-order chi connectivity index (χ0) is 22.2. The maximum absolute atomic E-state index is 4.80. The summed E-state index contributed by atoms with van der Waals surface area (Å²) in [6.07, 6.45) is 8.04. The molecule has 2 nitrogen and oxygen atoms in total. The standard InChI is InChI=1S/C29H16Br2N2/c30-19-9-7-17-5-6-18-8-10-20(31)16-25(18)29(24(17)15-19)22-4-2-1-3-21(22)27-23(29)11-12-26-28(27)33-14-13-32-26/h1-16H. The normalized spacial score (nSPS) is 14.5. The molecule has 2 aliphatic carbocycles. The summed E-state index contributed by atoms with van der Waals surface area (Å²) in [5, 5.41) is 0. The summed E-state index contributed by atoms with van der Waals surface area (Å²) in [6, 6.07) is 26.4. The third-order valence-electron chi connectivity index (χ3n) is 6.93. The molecule has 0 bridgehead atoms. The van der Waals surface area contributed by atoms with Gasteiger partial charge in [-0.2, -0.15) is 0 Å². The average Bonchev–Trinajstić information content (AvgIpc) is 3.07. The average molecular weight is 552 g/mol. The molecule has 156 valence electrons. The Labute approximate surface area is 208 Å². The lowest BCUT2D eigenvalue weighted by Crippen LogP contribution is -2.30. The van der Waals surface area contributed by atoms with Crippen LogP contribution >= 0.6 is 31.9 Å². The molecule has 0 atom stereocenters. The highest BCUT2D eigenvalue weighted by Gasteiger charge is 2.49. The summed E-state index contributed by atoms with van der Waals surface area (Å²) in [6.45, 7) is 0. The van der Waals surface area contributed by atoms with Crippen LogP contribution in [0.15, 0.2) is 94.1 Å². The molecule has 4 aromatic carbocycles. The number of aromatic nitrogens is 2. The van der Waals surface area contributed by atoms with Crippen molar-refractivity contribution in [3.63, 3.8) is 0 Å². The van der Waals surface area contributed by atoms with Crippen molar-refractivity contribution in [2.24, 2.45) is 0 Å².